The van der Waals surface area contributed by atoms with Crippen molar-refractivity contribution in [2.24, 2.45) is 5.92 Å². The van der Waals surface area contributed by atoms with E-state index in [1.165, 1.54) is 31.4 Å². The van der Waals surface area contributed by atoms with E-state index in [1.807, 2.05) is 6.07 Å². The van der Waals surface area contributed by atoms with Crippen LogP contribution in [0.15, 0.2) is 22.7 Å². The van der Waals surface area contributed by atoms with E-state index < -0.39 is 5.60 Å². The van der Waals surface area contributed by atoms with Gasteiger partial charge in [0.1, 0.15) is 5.82 Å². The summed E-state index contributed by atoms with van der Waals surface area (Å²) in [6.45, 7) is 2.22. The molecule has 0 aliphatic heterocycles. The van der Waals surface area contributed by atoms with Gasteiger partial charge in [0, 0.05) is 10.9 Å². The maximum atomic E-state index is 13.4. The number of benzene rings is 1. The maximum Gasteiger partial charge on any atom is 0.124 e. The molecule has 1 fully saturated rings. The zero-order chi connectivity index (χ0) is 14.6. The highest BCUT2D eigenvalue weighted by atomic mass is 79.9. The average molecular weight is 343 g/mol. The molecule has 3 heteroatoms. The second-order valence-corrected chi connectivity index (χ2v) is 7.18. The highest BCUT2D eigenvalue weighted by Crippen LogP contribution is 2.35. The normalized spacial score (nSPS) is 27.3. The van der Waals surface area contributed by atoms with Crippen LogP contribution in [0.25, 0.3) is 0 Å². The quantitative estimate of drug-likeness (QED) is 0.741. The number of halogens is 2. The van der Waals surface area contributed by atoms with Crippen molar-refractivity contribution in [3.8, 4) is 0 Å². The van der Waals surface area contributed by atoms with E-state index >= 15 is 0 Å². The number of hydrogen-bond acceptors (Lipinski definition) is 1. The molecule has 2 atom stereocenters. The summed E-state index contributed by atoms with van der Waals surface area (Å²) in [4.78, 5) is 0. The van der Waals surface area contributed by atoms with Crippen LogP contribution < -0.4 is 0 Å². The largest absolute Gasteiger partial charge is 0.390 e. The lowest BCUT2D eigenvalue weighted by Crippen LogP contribution is -2.30. The molecule has 1 aliphatic carbocycles. The Kier molecular flexibility index (Phi) is 5.62. The summed E-state index contributed by atoms with van der Waals surface area (Å²) in [6, 6.07) is 4.91. The molecule has 112 valence electrons. The molecular formula is C17H24BrFO. The molecule has 0 heterocycles. The van der Waals surface area contributed by atoms with Crippen LogP contribution in [-0.2, 0) is 6.42 Å². The Morgan fingerprint density at radius 2 is 2.10 bits per heavy atom. The lowest BCUT2D eigenvalue weighted by atomic mass is 9.87. The fourth-order valence-electron chi connectivity index (χ4n) is 3.43. The topological polar surface area (TPSA) is 20.2 Å². The molecule has 1 aromatic carbocycles. The number of hydrogen-bond donors (Lipinski definition) is 1. The van der Waals surface area contributed by atoms with E-state index in [0.717, 1.165) is 41.6 Å². The van der Waals surface area contributed by atoms with E-state index in [-0.39, 0.29) is 5.82 Å². The Morgan fingerprint density at radius 3 is 2.80 bits per heavy atom. The summed E-state index contributed by atoms with van der Waals surface area (Å²) in [7, 11) is 0. The first kappa shape index (κ1) is 16.0. The average Bonchev–Trinajstić information content (AvgIpc) is 2.51. The lowest BCUT2D eigenvalue weighted by molar-refractivity contribution is 0.0240. The molecule has 1 aliphatic rings. The lowest BCUT2D eigenvalue weighted by Gasteiger charge is -2.27. The van der Waals surface area contributed by atoms with Gasteiger partial charge in [-0.1, -0.05) is 48.5 Å². The minimum atomic E-state index is -0.657. The Balaban J connectivity index is 2.03. The van der Waals surface area contributed by atoms with Crippen molar-refractivity contribution in [1.82, 2.24) is 0 Å². The van der Waals surface area contributed by atoms with Crippen molar-refractivity contribution in [3.63, 3.8) is 0 Å². The van der Waals surface area contributed by atoms with E-state index in [1.54, 1.807) is 0 Å². The molecule has 0 radical (unpaired) electrons. The van der Waals surface area contributed by atoms with Crippen molar-refractivity contribution in [3.05, 3.63) is 34.1 Å². The highest BCUT2D eigenvalue weighted by molar-refractivity contribution is 9.10. The van der Waals surface area contributed by atoms with Gasteiger partial charge in [-0.05, 0) is 48.9 Å². The Labute approximate surface area is 129 Å². The zero-order valence-electron chi connectivity index (χ0n) is 12.2. The smallest absolute Gasteiger partial charge is 0.124 e. The van der Waals surface area contributed by atoms with Crippen molar-refractivity contribution in [2.75, 3.05) is 0 Å². The molecule has 0 aromatic heterocycles. The van der Waals surface area contributed by atoms with Crippen LogP contribution in [0.3, 0.4) is 0 Å². The Bertz CT molecular complexity index is 428. The summed E-state index contributed by atoms with van der Waals surface area (Å²) in [6.07, 6.45) is 8.12. The molecule has 0 amide bonds. The predicted molar refractivity (Wildman–Crippen MR) is 84.2 cm³/mol. The minimum Gasteiger partial charge on any atom is -0.390 e. The molecule has 0 saturated heterocycles. The predicted octanol–water partition coefficient (Wildman–Crippen LogP) is 5.24. The number of aliphatic hydroxyl groups is 1. The van der Waals surface area contributed by atoms with Crippen LogP contribution in [-0.4, -0.2) is 10.7 Å². The van der Waals surface area contributed by atoms with E-state index in [4.69, 9.17) is 0 Å². The van der Waals surface area contributed by atoms with Crippen molar-refractivity contribution in [1.29, 1.82) is 0 Å². The van der Waals surface area contributed by atoms with Crippen molar-refractivity contribution >= 4 is 15.9 Å². The number of rotatable bonds is 4. The minimum absolute atomic E-state index is 0.240. The standard InChI is InChI=1S/C17H24BrFO/c1-2-4-13-5-3-7-17(20,8-6-13)12-14-9-15(18)11-16(19)10-14/h9-11,13,20H,2-8,12H2,1H3. The first-order chi connectivity index (χ1) is 9.50. The summed E-state index contributed by atoms with van der Waals surface area (Å²) in [5, 5.41) is 10.8. The molecule has 2 rings (SSSR count). The summed E-state index contributed by atoms with van der Waals surface area (Å²) >= 11 is 3.32. The van der Waals surface area contributed by atoms with Crippen LogP contribution in [0.2, 0.25) is 0 Å². The van der Waals surface area contributed by atoms with Gasteiger partial charge in [0.15, 0.2) is 0 Å². The van der Waals surface area contributed by atoms with E-state index in [9.17, 15) is 9.50 Å². The van der Waals surface area contributed by atoms with Gasteiger partial charge in [-0.3, -0.25) is 0 Å². The summed E-state index contributed by atoms with van der Waals surface area (Å²) in [5.74, 6) is 0.517. The molecule has 1 saturated carbocycles. The van der Waals surface area contributed by atoms with E-state index in [2.05, 4.69) is 22.9 Å². The molecule has 2 unspecified atom stereocenters. The van der Waals surface area contributed by atoms with Crippen LogP contribution in [0.5, 0.6) is 0 Å². The molecule has 1 nitrogen and oxygen atoms in total. The monoisotopic (exact) mass is 342 g/mol. The fourth-order valence-corrected chi connectivity index (χ4v) is 3.94. The fraction of sp³-hybridized carbons (Fsp3) is 0.647. The van der Waals surface area contributed by atoms with Crippen LogP contribution in [0.4, 0.5) is 4.39 Å². The third-order valence-electron chi connectivity index (χ3n) is 4.42. The SMILES string of the molecule is CCCC1CCCC(O)(Cc2cc(F)cc(Br)c2)CC1. The summed E-state index contributed by atoms with van der Waals surface area (Å²) < 4.78 is 14.2. The molecule has 20 heavy (non-hydrogen) atoms. The molecule has 0 bridgehead atoms. The van der Waals surface area contributed by atoms with Crippen molar-refractivity contribution < 1.29 is 9.50 Å². The van der Waals surface area contributed by atoms with Gasteiger partial charge in [-0.25, -0.2) is 4.39 Å². The summed E-state index contributed by atoms with van der Waals surface area (Å²) in [5.41, 5.74) is 0.226. The third-order valence-corrected chi connectivity index (χ3v) is 4.88. The highest BCUT2D eigenvalue weighted by Gasteiger charge is 2.31. The third kappa shape index (κ3) is 4.56. The van der Waals surface area contributed by atoms with Gasteiger partial charge in [0.25, 0.3) is 0 Å². The van der Waals surface area contributed by atoms with Gasteiger partial charge >= 0.3 is 0 Å². The van der Waals surface area contributed by atoms with Crippen LogP contribution in [0, 0.1) is 11.7 Å². The molecule has 0 spiro atoms. The second kappa shape index (κ2) is 7.04. The Hall–Kier alpha value is -0.410. The van der Waals surface area contributed by atoms with Gasteiger partial charge < -0.3 is 5.11 Å². The first-order valence-electron chi connectivity index (χ1n) is 7.68. The van der Waals surface area contributed by atoms with Gasteiger partial charge in [-0.15, -0.1) is 0 Å². The zero-order valence-corrected chi connectivity index (χ0v) is 13.8. The second-order valence-electron chi connectivity index (χ2n) is 6.26. The first-order valence-corrected chi connectivity index (χ1v) is 8.47. The van der Waals surface area contributed by atoms with Crippen LogP contribution in [0.1, 0.15) is 57.4 Å². The van der Waals surface area contributed by atoms with Crippen LogP contribution >= 0.6 is 15.9 Å². The molecule has 1 N–H and O–H groups in total. The van der Waals surface area contributed by atoms with Gasteiger partial charge in [0.2, 0.25) is 0 Å². The molecular weight excluding hydrogens is 319 g/mol. The Morgan fingerprint density at radius 1 is 1.30 bits per heavy atom. The van der Waals surface area contributed by atoms with Gasteiger partial charge in [-0.2, -0.15) is 0 Å². The van der Waals surface area contributed by atoms with E-state index in [0.29, 0.717) is 6.42 Å². The molecule has 1 aromatic rings. The maximum absolute atomic E-state index is 13.4. The van der Waals surface area contributed by atoms with Gasteiger partial charge in [0.05, 0.1) is 5.60 Å². The van der Waals surface area contributed by atoms with Crippen molar-refractivity contribution in [2.45, 2.75) is 63.9 Å².